The second kappa shape index (κ2) is 13.1. The summed E-state index contributed by atoms with van der Waals surface area (Å²) < 4.78 is 6.05. The van der Waals surface area contributed by atoms with Crippen molar-refractivity contribution >= 4 is 28.7 Å². The SMILES string of the molecule is CN(C)CCOC1CCN(c2cc(C(=O)NC[C@H]3CC[C@H](CNC(=O)O)CC3)c3ccccc3n2)CC1. The number of carboxylic acid groups (broad SMARTS) is 1. The van der Waals surface area contributed by atoms with Crippen molar-refractivity contribution in [1.82, 2.24) is 20.5 Å². The van der Waals surface area contributed by atoms with Gasteiger partial charge in [-0.2, -0.15) is 0 Å². The van der Waals surface area contributed by atoms with Crippen molar-refractivity contribution in [3.05, 3.63) is 35.9 Å². The van der Waals surface area contributed by atoms with E-state index in [9.17, 15) is 9.59 Å². The fourth-order valence-corrected chi connectivity index (χ4v) is 5.37. The lowest BCUT2D eigenvalue weighted by Crippen LogP contribution is -2.38. The van der Waals surface area contributed by atoms with Crippen LogP contribution in [0.2, 0.25) is 0 Å². The first-order valence-electron chi connectivity index (χ1n) is 13.5. The number of para-hydroxylation sites is 1. The number of aromatic nitrogens is 1. The van der Waals surface area contributed by atoms with E-state index in [4.69, 9.17) is 14.8 Å². The van der Waals surface area contributed by atoms with Crippen LogP contribution < -0.4 is 15.5 Å². The van der Waals surface area contributed by atoms with Crippen LogP contribution in [0.25, 0.3) is 10.9 Å². The fourth-order valence-electron chi connectivity index (χ4n) is 5.37. The molecule has 1 saturated heterocycles. The lowest BCUT2D eigenvalue weighted by molar-refractivity contribution is 0.0293. The zero-order chi connectivity index (χ0) is 26.2. The molecule has 9 nitrogen and oxygen atoms in total. The molecule has 1 aliphatic carbocycles. The average Bonchev–Trinajstić information content (AvgIpc) is 2.90. The van der Waals surface area contributed by atoms with E-state index >= 15 is 0 Å². The van der Waals surface area contributed by atoms with Crippen molar-refractivity contribution in [2.75, 3.05) is 58.3 Å². The molecular formula is C28H41N5O4. The number of anilines is 1. The largest absolute Gasteiger partial charge is 0.465 e. The first-order chi connectivity index (χ1) is 17.9. The summed E-state index contributed by atoms with van der Waals surface area (Å²) in [7, 11) is 4.11. The molecule has 1 saturated carbocycles. The monoisotopic (exact) mass is 511 g/mol. The standard InChI is InChI=1S/C28H41N5O4/c1-32(2)15-16-37-22-11-13-33(14-12-22)26-17-24(23-5-3-4-6-25(23)31-26)27(34)29-18-20-7-9-21(10-8-20)19-30-28(35)36/h3-6,17,20-22,30H,7-16,18-19H2,1-2H3,(H,29,34)(H,35,36)/t20-,21-. The Kier molecular flexibility index (Phi) is 9.57. The number of rotatable bonds is 10. The van der Waals surface area contributed by atoms with Gasteiger partial charge in [0.25, 0.3) is 5.91 Å². The van der Waals surface area contributed by atoms with Gasteiger partial charge in [-0.15, -0.1) is 0 Å². The molecule has 0 spiro atoms. The van der Waals surface area contributed by atoms with Crippen LogP contribution in [0.5, 0.6) is 0 Å². The topological polar surface area (TPSA) is 107 Å². The highest BCUT2D eigenvalue weighted by Crippen LogP contribution is 2.29. The number of pyridine rings is 1. The minimum atomic E-state index is -0.962. The van der Waals surface area contributed by atoms with Crippen LogP contribution in [-0.2, 0) is 4.74 Å². The molecule has 0 atom stereocenters. The summed E-state index contributed by atoms with van der Waals surface area (Å²) in [5.74, 6) is 1.60. The maximum atomic E-state index is 13.3. The number of carbonyl (C=O) groups excluding carboxylic acids is 1. The number of benzene rings is 1. The van der Waals surface area contributed by atoms with Crippen LogP contribution in [0, 0.1) is 11.8 Å². The Morgan fingerprint density at radius 2 is 1.68 bits per heavy atom. The smallest absolute Gasteiger partial charge is 0.404 e. The number of likely N-dealkylation sites (N-methyl/N-ethyl adjacent to an activating group) is 1. The van der Waals surface area contributed by atoms with E-state index < -0.39 is 6.09 Å². The van der Waals surface area contributed by atoms with Gasteiger partial charge in [0.05, 0.1) is 23.8 Å². The maximum absolute atomic E-state index is 13.3. The molecule has 0 bridgehead atoms. The highest BCUT2D eigenvalue weighted by molar-refractivity contribution is 6.07. The molecule has 0 radical (unpaired) electrons. The van der Waals surface area contributed by atoms with Gasteiger partial charge in [-0.05, 0) is 76.6 Å². The Balaban J connectivity index is 1.35. The van der Waals surface area contributed by atoms with Gasteiger partial charge in [-0.25, -0.2) is 9.78 Å². The Hall–Kier alpha value is -2.91. The van der Waals surface area contributed by atoms with E-state index in [0.717, 1.165) is 81.5 Å². The van der Waals surface area contributed by atoms with Crippen molar-refractivity contribution in [1.29, 1.82) is 0 Å². The molecule has 3 N–H and O–H groups in total. The van der Waals surface area contributed by atoms with Gasteiger partial charge in [0.2, 0.25) is 0 Å². The second-order valence-electron chi connectivity index (χ2n) is 10.7. The summed E-state index contributed by atoms with van der Waals surface area (Å²) in [6.45, 7) is 4.54. The summed E-state index contributed by atoms with van der Waals surface area (Å²) in [5, 5.41) is 15.4. The number of fused-ring (bicyclic) bond motifs is 1. The third-order valence-electron chi connectivity index (χ3n) is 7.66. The van der Waals surface area contributed by atoms with Gasteiger partial charge in [0.1, 0.15) is 5.82 Å². The number of piperidine rings is 1. The number of nitrogens with one attached hydrogen (secondary N) is 2. The molecule has 2 amide bonds. The van der Waals surface area contributed by atoms with Crippen LogP contribution >= 0.6 is 0 Å². The first kappa shape index (κ1) is 27.1. The van der Waals surface area contributed by atoms with Crippen molar-refractivity contribution in [3.8, 4) is 0 Å². The molecule has 37 heavy (non-hydrogen) atoms. The van der Waals surface area contributed by atoms with Crippen LogP contribution in [0.3, 0.4) is 0 Å². The molecule has 1 aromatic heterocycles. The van der Waals surface area contributed by atoms with Crippen LogP contribution in [0.4, 0.5) is 10.6 Å². The normalized spacial score (nSPS) is 20.8. The van der Waals surface area contributed by atoms with Crippen LogP contribution in [0.15, 0.2) is 30.3 Å². The van der Waals surface area contributed by atoms with Gasteiger partial charge in [0, 0.05) is 38.1 Å². The number of hydrogen-bond donors (Lipinski definition) is 3. The van der Waals surface area contributed by atoms with E-state index in [2.05, 4.69) is 34.5 Å². The zero-order valence-corrected chi connectivity index (χ0v) is 22.1. The highest BCUT2D eigenvalue weighted by Gasteiger charge is 2.24. The molecule has 2 heterocycles. The average molecular weight is 512 g/mol. The number of nitrogens with zero attached hydrogens (tertiary/aromatic N) is 3. The molecule has 2 fully saturated rings. The summed E-state index contributed by atoms with van der Waals surface area (Å²) in [6.07, 6.45) is 5.18. The third-order valence-corrected chi connectivity index (χ3v) is 7.66. The minimum absolute atomic E-state index is 0.0589. The molecule has 2 aliphatic rings. The quantitative estimate of drug-likeness (QED) is 0.448. The van der Waals surface area contributed by atoms with Crippen LogP contribution in [0.1, 0.15) is 48.9 Å². The second-order valence-corrected chi connectivity index (χ2v) is 10.7. The lowest BCUT2D eigenvalue weighted by Gasteiger charge is -2.33. The Morgan fingerprint density at radius 1 is 1.03 bits per heavy atom. The van der Waals surface area contributed by atoms with Gasteiger partial charge in [-0.1, -0.05) is 18.2 Å². The van der Waals surface area contributed by atoms with Gasteiger partial charge < -0.3 is 30.3 Å². The fraction of sp³-hybridized carbons (Fsp3) is 0.607. The predicted octanol–water partition coefficient (Wildman–Crippen LogP) is 3.59. The van der Waals surface area contributed by atoms with Crippen LogP contribution in [-0.4, -0.2) is 86.5 Å². The molecule has 2 aromatic rings. The third kappa shape index (κ3) is 7.79. The molecule has 0 unspecified atom stereocenters. The van der Waals surface area contributed by atoms with Crippen molar-refractivity contribution in [2.45, 2.75) is 44.6 Å². The zero-order valence-electron chi connectivity index (χ0n) is 22.1. The summed E-state index contributed by atoms with van der Waals surface area (Å²) in [6, 6.07) is 9.79. The van der Waals surface area contributed by atoms with Gasteiger partial charge >= 0.3 is 6.09 Å². The Morgan fingerprint density at radius 3 is 2.32 bits per heavy atom. The number of carbonyl (C=O) groups is 2. The molecule has 1 aromatic carbocycles. The number of ether oxygens (including phenoxy) is 1. The summed E-state index contributed by atoms with van der Waals surface area (Å²) in [5.41, 5.74) is 1.50. The number of hydrogen-bond acceptors (Lipinski definition) is 6. The Labute approximate surface area is 219 Å². The molecular weight excluding hydrogens is 470 g/mol. The first-order valence-corrected chi connectivity index (χ1v) is 13.5. The van der Waals surface area contributed by atoms with E-state index in [1.54, 1.807) is 0 Å². The van der Waals surface area contributed by atoms with Crippen molar-refractivity contribution < 1.29 is 19.4 Å². The summed E-state index contributed by atoms with van der Waals surface area (Å²) >= 11 is 0. The van der Waals surface area contributed by atoms with Crippen molar-refractivity contribution in [2.24, 2.45) is 11.8 Å². The van der Waals surface area contributed by atoms with Gasteiger partial charge in [-0.3, -0.25) is 4.79 Å². The highest BCUT2D eigenvalue weighted by atomic mass is 16.5. The van der Waals surface area contributed by atoms with Crippen molar-refractivity contribution in [3.63, 3.8) is 0 Å². The predicted molar refractivity (Wildman–Crippen MR) is 145 cm³/mol. The maximum Gasteiger partial charge on any atom is 0.404 e. The Bertz CT molecular complexity index is 1050. The molecule has 4 rings (SSSR count). The molecule has 9 heteroatoms. The molecule has 202 valence electrons. The minimum Gasteiger partial charge on any atom is -0.465 e. The van der Waals surface area contributed by atoms with Gasteiger partial charge in [0.15, 0.2) is 0 Å². The van der Waals surface area contributed by atoms with E-state index in [0.29, 0.717) is 30.5 Å². The van der Waals surface area contributed by atoms with E-state index in [1.165, 1.54) is 0 Å². The lowest BCUT2D eigenvalue weighted by atomic mass is 9.82. The van der Waals surface area contributed by atoms with E-state index in [-0.39, 0.29) is 12.0 Å². The number of amides is 2. The summed E-state index contributed by atoms with van der Waals surface area (Å²) in [4.78, 5) is 33.4. The van der Waals surface area contributed by atoms with E-state index in [1.807, 2.05) is 30.3 Å². The molecule has 1 aliphatic heterocycles.